The summed E-state index contributed by atoms with van der Waals surface area (Å²) in [5.41, 5.74) is -2.55. The van der Waals surface area contributed by atoms with Crippen LogP contribution >= 0.6 is 0 Å². The Bertz CT molecular complexity index is 410. The minimum absolute atomic E-state index is 0.626. The zero-order valence-electron chi connectivity index (χ0n) is 8.33. The molecule has 0 bridgehead atoms. The highest BCUT2D eigenvalue weighted by atomic mass is 19.3. The SMILES string of the molecule is CC(F)c1n[nH]c2c1C(F)(F)CCC2(F)F. The van der Waals surface area contributed by atoms with Crippen LogP contribution in [0.1, 0.15) is 42.9 Å². The fourth-order valence-electron chi connectivity index (χ4n) is 1.84. The molecule has 1 aromatic heterocycles. The molecule has 0 saturated carbocycles. The molecule has 1 aliphatic carbocycles. The first-order valence-electron chi connectivity index (χ1n) is 4.74. The van der Waals surface area contributed by atoms with Gasteiger partial charge in [-0.05, 0) is 6.92 Å². The third kappa shape index (κ3) is 1.49. The van der Waals surface area contributed by atoms with Crippen molar-refractivity contribution in [2.24, 2.45) is 0 Å². The Morgan fingerprint density at radius 3 is 2.31 bits per heavy atom. The van der Waals surface area contributed by atoms with Gasteiger partial charge in [-0.1, -0.05) is 0 Å². The van der Waals surface area contributed by atoms with E-state index in [-0.39, 0.29) is 0 Å². The van der Waals surface area contributed by atoms with E-state index in [9.17, 15) is 22.0 Å². The largest absolute Gasteiger partial charge is 0.289 e. The van der Waals surface area contributed by atoms with Gasteiger partial charge >= 0.3 is 0 Å². The van der Waals surface area contributed by atoms with Gasteiger partial charge in [-0.15, -0.1) is 0 Å². The van der Waals surface area contributed by atoms with Crippen molar-refractivity contribution in [1.82, 2.24) is 10.2 Å². The number of nitrogens with one attached hydrogen (secondary N) is 1. The third-order valence-electron chi connectivity index (χ3n) is 2.66. The quantitative estimate of drug-likeness (QED) is 0.748. The van der Waals surface area contributed by atoms with E-state index in [4.69, 9.17) is 0 Å². The van der Waals surface area contributed by atoms with E-state index in [1.165, 1.54) is 0 Å². The highest BCUT2D eigenvalue weighted by Gasteiger charge is 2.52. The lowest BCUT2D eigenvalue weighted by molar-refractivity contribution is -0.0984. The lowest BCUT2D eigenvalue weighted by Crippen LogP contribution is -2.30. The number of halogens is 5. The number of nitrogens with zero attached hydrogens (tertiary/aromatic N) is 1. The molecular formula is C9H9F5N2. The summed E-state index contributed by atoms with van der Waals surface area (Å²) in [6, 6.07) is 0. The number of hydrogen-bond acceptors (Lipinski definition) is 1. The average molecular weight is 240 g/mol. The standard InChI is InChI=1S/C9H9F5N2/c1-4(10)6-5-7(16-15-6)9(13,14)3-2-8(5,11)12/h4H,2-3H2,1H3,(H,15,16). The minimum Gasteiger partial charge on any atom is -0.276 e. The maximum atomic E-state index is 13.4. The van der Waals surface area contributed by atoms with Crippen LogP contribution in [0.2, 0.25) is 0 Å². The van der Waals surface area contributed by atoms with Gasteiger partial charge in [0.05, 0.1) is 5.56 Å². The van der Waals surface area contributed by atoms with Gasteiger partial charge in [0.25, 0.3) is 11.8 Å². The van der Waals surface area contributed by atoms with Crippen molar-refractivity contribution < 1.29 is 22.0 Å². The summed E-state index contributed by atoms with van der Waals surface area (Å²) in [5.74, 6) is -6.84. The van der Waals surface area contributed by atoms with Crippen LogP contribution in [0.4, 0.5) is 22.0 Å². The van der Waals surface area contributed by atoms with Crippen LogP contribution in [-0.2, 0) is 11.8 Å². The van der Waals surface area contributed by atoms with Crippen molar-refractivity contribution >= 4 is 0 Å². The molecule has 1 aromatic rings. The Kier molecular flexibility index (Phi) is 2.25. The lowest BCUT2D eigenvalue weighted by atomic mass is 9.88. The highest BCUT2D eigenvalue weighted by molar-refractivity contribution is 5.36. The fraction of sp³-hybridized carbons (Fsp3) is 0.667. The van der Waals surface area contributed by atoms with Gasteiger partial charge < -0.3 is 0 Å². The summed E-state index contributed by atoms with van der Waals surface area (Å²) in [7, 11) is 0. The topological polar surface area (TPSA) is 28.7 Å². The fourth-order valence-corrected chi connectivity index (χ4v) is 1.84. The molecule has 1 heterocycles. The van der Waals surface area contributed by atoms with Crippen molar-refractivity contribution in [3.8, 4) is 0 Å². The van der Waals surface area contributed by atoms with Crippen LogP contribution in [0.5, 0.6) is 0 Å². The Hall–Kier alpha value is -1.14. The molecule has 0 aromatic carbocycles. The van der Waals surface area contributed by atoms with Gasteiger partial charge in [-0.2, -0.15) is 13.9 Å². The smallest absolute Gasteiger partial charge is 0.276 e. The minimum atomic E-state index is -3.44. The molecule has 0 fully saturated rings. The van der Waals surface area contributed by atoms with Gasteiger partial charge in [0.15, 0.2) is 0 Å². The molecule has 1 N–H and O–H groups in total. The van der Waals surface area contributed by atoms with Crippen LogP contribution in [0, 0.1) is 0 Å². The summed E-state index contributed by atoms with van der Waals surface area (Å²) >= 11 is 0. The predicted octanol–water partition coefficient (Wildman–Crippen LogP) is 3.42. The predicted molar refractivity (Wildman–Crippen MR) is 45.1 cm³/mol. The first-order chi connectivity index (χ1) is 7.26. The van der Waals surface area contributed by atoms with E-state index in [1.807, 2.05) is 5.10 Å². The van der Waals surface area contributed by atoms with Crippen molar-refractivity contribution in [2.75, 3.05) is 0 Å². The van der Waals surface area contributed by atoms with E-state index >= 15 is 0 Å². The van der Waals surface area contributed by atoms with Gasteiger partial charge in [0, 0.05) is 12.8 Å². The molecule has 90 valence electrons. The van der Waals surface area contributed by atoms with Crippen LogP contribution in [-0.4, -0.2) is 10.2 Å². The van der Waals surface area contributed by atoms with Crippen molar-refractivity contribution in [3.05, 3.63) is 17.0 Å². The molecule has 0 radical (unpaired) electrons. The Morgan fingerprint density at radius 2 is 1.75 bits per heavy atom. The first kappa shape index (κ1) is 11.3. The lowest BCUT2D eigenvalue weighted by Gasteiger charge is -2.28. The van der Waals surface area contributed by atoms with Crippen molar-refractivity contribution in [1.29, 1.82) is 0 Å². The highest BCUT2D eigenvalue weighted by Crippen LogP contribution is 2.50. The molecule has 1 aliphatic rings. The normalized spacial score (nSPS) is 23.9. The Balaban J connectivity index is 2.63. The number of hydrogen-bond donors (Lipinski definition) is 1. The van der Waals surface area contributed by atoms with Gasteiger partial charge in [0.1, 0.15) is 17.6 Å². The first-order valence-corrected chi connectivity index (χ1v) is 4.74. The Morgan fingerprint density at radius 1 is 1.19 bits per heavy atom. The van der Waals surface area contributed by atoms with E-state index < -0.39 is 47.8 Å². The molecule has 2 nitrogen and oxygen atoms in total. The molecule has 16 heavy (non-hydrogen) atoms. The molecule has 7 heteroatoms. The van der Waals surface area contributed by atoms with Crippen LogP contribution < -0.4 is 0 Å². The summed E-state index contributed by atoms with van der Waals surface area (Å²) < 4.78 is 66.4. The number of H-pyrrole nitrogens is 1. The van der Waals surface area contributed by atoms with E-state index in [0.29, 0.717) is 0 Å². The number of rotatable bonds is 1. The molecule has 0 amide bonds. The van der Waals surface area contributed by atoms with Gasteiger partial charge in [0.2, 0.25) is 0 Å². The number of alkyl halides is 5. The molecule has 1 atom stereocenters. The molecular weight excluding hydrogens is 231 g/mol. The maximum Gasteiger partial charge on any atom is 0.289 e. The maximum absolute atomic E-state index is 13.4. The number of aromatic nitrogens is 2. The van der Waals surface area contributed by atoms with Crippen molar-refractivity contribution in [3.63, 3.8) is 0 Å². The average Bonchev–Trinajstić information content (AvgIpc) is 2.59. The monoisotopic (exact) mass is 240 g/mol. The molecule has 0 saturated heterocycles. The van der Waals surface area contributed by atoms with E-state index in [0.717, 1.165) is 6.92 Å². The van der Waals surface area contributed by atoms with E-state index in [2.05, 4.69) is 5.10 Å². The second-order valence-corrected chi connectivity index (χ2v) is 3.88. The molecule has 1 unspecified atom stereocenters. The van der Waals surface area contributed by atoms with Crippen LogP contribution in [0.15, 0.2) is 0 Å². The van der Waals surface area contributed by atoms with Crippen LogP contribution in [0.3, 0.4) is 0 Å². The summed E-state index contributed by atoms with van der Waals surface area (Å²) in [5, 5.41) is 5.06. The second-order valence-electron chi connectivity index (χ2n) is 3.88. The number of aromatic amines is 1. The summed E-state index contributed by atoms with van der Waals surface area (Å²) in [6.07, 6.45) is -3.76. The summed E-state index contributed by atoms with van der Waals surface area (Å²) in [4.78, 5) is 0. The zero-order chi connectivity index (χ0) is 12.1. The van der Waals surface area contributed by atoms with E-state index in [1.54, 1.807) is 0 Å². The molecule has 0 spiro atoms. The van der Waals surface area contributed by atoms with Crippen LogP contribution in [0.25, 0.3) is 0 Å². The zero-order valence-corrected chi connectivity index (χ0v) is 8.33. The van der Waals surface area contributed by atoms with Gasteiger partial charge in [-0.25, -0.2) is 13.2 Å². The third-order valence-corrected chi connectivity index (χ3v) is 2.66. The van der Waals surface area contributed by atoms with Gasteiger partial charge in [-0.3, -0.25) is 5.10 Å². The second kappa shape index (κ2) is 3.18. The Labute approximate surface area is 87.8 Å². The molecule has 2 rings (SSSR count). The molecule has 0 aliphatic heterocycles. The summed E-state index contributed by atoms with van der Waals surface area (Å²) in [6.45, 7) is 0.985. The number of fused-ring (bicyclic) bond motifs is 1. The van der Waals surface area contributed by atoms with Crippen molar-refractivity contribution in [2.45, 2.75) is 37.8 Å².